The summed E-state index contributed by atoms with van der Waals surface area (Å²) in [6, 6.07) is 21.9. The molecule has 0 aliphatic carbocycles. The van der Waals surface area contributed by atoms with Crippen molar-refractivity contribution in [2.45, 2.75) is 26.2 Å². The number of benzene rings is 3. The SMILES string of the molecule is Cc1cc(C#N)cc(C(=O)NCc2ccccc2)c1NC(=O)c1cc(Cn2nnc(C(F)(F)F)n2)nn1-c1ccccc1Cl. The third-order valence-corrected chi connectivity index (χ3v) is 6.65. The van der Waals surface area contributed by atoms with Crippen LogP contribution in [-0.2, 0) is 19.3 Å². The Bertz CT molecular complexity index is 1900. The number of nitrogens with one attached hydrogen (secondary N) is 2. The first-order chi connectivity index (χ1) is 21.0. The van der Waals surface area contributed by atoms with Crippen molar-refractivity contribution in [2.75, 3.05) is 5.32 Å². The van der Waals surface area contributed by atoms with Crippen LogP contribution >= 0.6 is 11.6 Å². The molecule has 5 aromatic rings. The van der Waals surface area contributed by atoms with E-state index in [1.807, 2.05) is 36.4 Å². The average Bonchev–Trinajstić information content (AvgIpc) is 3.65. The second-order valence-electron chi connectivity index (χ2n) is 9.48. The predicted molar refractivity (Wildman–Crippen MR) is 152 cm³/mol. The summed E-state index contributed by atoms with van der Waals surface area (Å²) in [5, 5.41) is 29.5. The van der Waals surface area contributed by atoms with Gasteiger partial charge in [-0.1, -0.05) is 54.1 Å². The van der Waals surface area contributed by atoms with Crippen molar-refractivity contribution in [1.29, 1.82) is 5.26 Å². The molecule has 2 heterocycles. The van der Waals surface area contributed by atoms with Crippen molar-refractivity contribution in [3.05, 3.63) is 117 Å². The van der Waals surface area contributed by atoms with Crippen molar-refractivity contribution >= 4 is 29.1 Å². The van der Waals surface area contributed by atoms with Crippen molar-refractivity contribution in [1.82, 2.24) is 35.3 Å². The number of hydrogen-bond acceptors (Lipinski definition) is 7. The normalized spacial score (nSPS) is 11.2. The van der Waals surface area contributed by atoms with E-state index in [-0.39, 0.29) is 46.3 Å². The second-order valence-corrected chi connectivity index (χ2v) is 9.88. The zero-order chi connectivity index (χ0) is 31.4. The molecule has 0 fully saturated rings. The largest absolute Gasteiger partial charge is 0.455 e. The van der Waals surface area contributed by atoms with E-state index in [1.54, 1.807) is 31.2 Å². The van der Waals surface area contributed by atoms with Gasteiger partial charge >= 0.3 is 6.18 Å². The molecule has 0 aliphatic heterocycles. The Kier molecular flexibility index (Phi) is 8.41. The minimum absolute atomic E-state index is 0.0522. The van der Waals surface area contributed by atoms with Crippen LogP contribution in [0, 0.1) is 18.3 Å². The Morgan fingerprint density at radius 2 is 1.73 bits per heavy atom. The molecule has 0 saturated carbocycles. The first-order valence-corrected chi connectivity index (χ1v) is 13.3. The van der Waals surface area contributed by atoms with E-state index in [1.165, 1.54) is 22.9 Å². The fraction of sp³-hybridized carbons (Fsp3) is 0.138. The number of rotatable bonds is 8. The smallest absolute Gasteiger partial charge is 0.348 e. The van der Waals surface area contributed by atoms with Crippen LogP contribution in [0.4, 0.5) is 18.9 Å². The molecule has 0 unspecified atom stereocenters. The van der Waals surface area contributed by atoms with Gasteiger partial charge in [-0.25, -0.2) is 4.68 Å². The Morgan fingerprint density at radius 3 is 2.41 bits per heavy atom. The number of anilines is 1. The number of amides is 2. The van der Waals surface area contributed by atoms with Gasteiger partial charge in [0.05, 0.1) is 39.3 Å². The summed E-state index contributed by atoms with van der Waals surface area (Å²) in [4.78, 5) is 27.7. The lowest BCUT2D eigenvalue weighted by atomic mass is 10.0. The number of aryl methyl sites for hydroxylation is 1. The highest BCUT2D eigenvalue weighted by Gasteiger charge is 2.37. The van der Waals surface area contributed by atoms with E-state index in [2.05, 4.69) is 31.1 Å². The molecule has 222 valence electrons. The number of tetrazole rings is 1. The standard InChI is InChI=1S/C29H21ClF3N9O2/c1-17-11-19(14-34)12-21(26(43)35-15-18-7-3-2-4-8-18)25(17)36-27(44)24-13-20(16-41-39-28(37-40-41)29(31,32)33)38-42(24)23-10-6-5-9-22(23)30/h2-13H,15-16H2,1H3,(H,35,43)(H,36,44). The van der Waals surface area contributed by atoms with Gasteiger partial charge in [0.2, 0.25) is 0 Å². The summed E-state index contributed by atoms with van der Waals surface area (Å²) in [6.07, 6.45) is -4.79. The maximum Gasteiger partial charge on any atom is 0.455 e. The molecular formula is C29H21ClF3N9O2. The number of alkyl halides is 3. The van der Waals surface area contributed by atoms with E-state index in [0.717, 1.165) is 5.56 Å². The molecule has 5 rings (SSSR count). The van der Waals surface area contributed by atoms with Gasteiger partial charge in [0, 0.05) is 6.54 Å². The number of aromatic nitrogens is 6. The maximum atomic E-state index is 13.8. The van der Waals surface area contributed by atoms with Crippen molar-refractivity contribution in [3.8, 4) is 11.8 Å². The fourth-order valence-corrected chi connectivity index (χ4v) is 4.51. The first kappa shape index (κ1) is 29.9. The van der Waals surface area contributed by atoms with Gasteiger partial charge in [0.25, 0.3) is 17.6 Å². The molecule has 0 saturated heterocycles. The van der Waals surface area contributed by atoms with E-state index in [0.29, 0.717) is 16.0 Å². The number of carbonyl (C=O) groups is 2. The van der Waals surface area contributed by atoms with Crippen LogP contribution < -0.4 is 10.6 Å². The molecule has 11 nitrogen and oxygen atoms in total. The third-order valence-electron chi connectivity index (χ3n) is 6.33. The van der Waals surface area contributed by atoms with Gasteiger partial charge in [0.15, 0.2) is 0 Å². The maximum absolute atomic E-state index is 13.8. The number of hydrogen-bond donors (Lipinski definition) is 2. The molecule has 0 spiro atoms. The molecule has 15 heteroatoms. The summed E-state index contributed by atoms with van der Waals surface area (Å²) in [6.45, 7) is 1.50. The van der Waals surface area contributed by atoms with Crippen LogP contribution in [0.1, 0.15) is 49.1 Å². The van der Waals surface area contributed by atoms with Crippen LogP contribution in [-0.4, -0.2) is 41.8 Å². The van der Waals surface area contributed by atoms with Crippen molar-refractivity contribution in [2.24, 2.45) is 0 Å². The van der Waals surface area contributed by atoms with Crippen LogP contribution in [0.25, 0.3) is 5.69 Å². The quantitative estimate of drug-likeness (QED) is 0.250. The number of nitrogens with zero attached hydrogens (tertiary/aromatic N) is 7. The van der Waals surface area contributed by atoms with Gasteiger partial charge in [-0.3, -0.25) is 9.59 Å². The summed E-state index contributed by atoms with van der Waals surface area (Å²) in [5.41, 5.74) is 2.10. The second kappa shape index (κ2) is 12.4. The van der Waals surface area contributed by atoms with Crippen molar-refractivity contribution in [3.63, 3.8) is 0 Å². The number of nitriles is 1. The Labute approximate surface area is 252 Å². The summed E-state index contributed by atoms with van der Waals surface area (Å²) in [5.74, 6) is -2.66. The van der Waals surface area contributed by atoms with Crippen LogP contribution in [0.3, 0.4) is 0 Å². The highest BCUT2D eigenvalue weighted by Crippen LogP contribution is 2.27. The van der Waals surface area contributed by atoms with Crippen LogP contribution in [0.5, 0.6) is 0 Å². The summed E-state index contributed by atoms with van der Waals surface area (Å²) < 4.78 is 40.2. The van der Waals surface area contributed by atoms with Crippen LogP contribution in [0.15, 0.2) is 72.8 Å². The number of para-hydroxylation sites is 1. The molecule has 0 bridgehead atoms. The van der Waals surface area contributed by atoms with E-state index in [9.17, 15) is 28.0 Å². The summed E-state index contributed by atoms with van der Waals surface area (Å²) in [7, 11) is 0. The van der Waals surface area contributed by atoms with E-state index >= 15 is 0 Å². The molecular weight excluding hydrogens is 599 g/mol. The summed E-state index contributed by atoms with van der Waals surface area (Å²) >= 11 is 6.39. The molecule has 2 amide bonds. The molecule has 44 heavy (non-hydrogen) atoms. The highest BCUT2D eigenvalue weighted by molar-refractivity contribution is 6.32. The Balaban J connectivity index is 1.49. The Morgan fingerprint density at radius 1 is 1.00 bits per heavy atom. The average molecular weight is 620 g/mol. The van der Waals surface area contributed by atoms with Crippen molar-refractivity contribution < 1.29 is 22.8 Å². The molecule has 0 radical (unpaired) electrons. The lowest BCUT2D eigenvalue weighted by Crippen LogP contribution is -2.26. The monoisotopic (exact) mass is 619 g/mol. The van der Waals surface area contributed by atoms with Gasteiger partial charge in [0.1, 0.15) is 12.2 Å². The van der Waals surface area contributed by atoms with Gasteiger partial charge in [-0.15, -0.1) is 10.2 Å². The lowest BCUT2D eigenvalue weighted by molar-refractivity contribution is -0.145. The number of carbonyl (C=O) groups excluding carboxylic acids is 2. The molecule has 2 N–H and O–H groups in total. The minimum Gasteiger partial charge on any atom is -0.348 e. The predicted octanol–water partition coefficient (Wildman–Crippen LogP) is 4.94. The minimum atomic E-state index is -4.79. The lowest BCUT2D eigenvalue weighted by Gasteiger charge is -2.16. The first-order valence-electron chi connectivity index (χ1n) is 12.9. The zero-order valence-electron chi connectivity index (χ0n) is 22.8. The molecule has 0 atom stereocenters. The van der Waals surface area contributed by atoms with Gasteiger partial charge in [-0.05, 0) is 53.6 Å². The highest BCUT2D eigenvalue weighted by atomic mass is 35.5. The molecule has 3 aromatic carbocycles. The topological polar surface area (TPSA) is 143 Å². The van der Waals surface area contributed by atoms with E-state index < -0.39 is 23.8 Å². The van der Waals surface area contributed by atoms with Gasteiger partial charge in [-0.2, -0.15) is 28.3 Å². The van der Waals surface area contributed by atoms with Gasteiger partial charge < -0.3 is 10.6 Å². The zero-order valence-corrected chi connectivity index (χ0v) is 23.6. The fourth-order valence-electron chi connectivity index (χ4n) is 4.29. The third kappa shape index (κ3) is 6.58. The number of halogens is 4. The molecule has 0 aliphatic rings. The van der Waals surface area contributed by atoms with Crippen LogP contribution in [0.2, 0.25) is 5.02 Å². The molecule has 2 aromatic heterocycles. The Hall–Kier alpha value is -5.55. The van der Waals surface area contributed by atoms with E-state index in [4.69, 9.17) is 11.6 Å².